The van der Waals surface area contributed by atoms with Crippen LogP contribution in [0.1, 0.15) is 231 Å². The van der Waals surface area contributed by atoms with E-state index >= 15 is 0 Å². The summed E-state index contributed by atoms with van der Waals surface area (Å²) in [5.74, 6) is -4.37. The maximum absolute atomic E-state index is 11.9. The molecule has 0 radical (unpaired) electrons. The SMILES string of the molecule is CC1(C)CCCC(C)(C)N1OC(=O)CCC(=O)O.CN1C(C)(C)CC(C(CCCCCCCC(=O)O)C(=O)O)CC1(C)C.CN1C(C)(C)CC(C(CCCCCCCC(=O)O)C(=O)O)CC1(C)C. The topological polar surface area (TPSA) is 223 Å². The minimum atomic E-state index is -0.982. The van der Waals surface area contributed by atoms with Gasteiger partial charge in [0.2, 0.25) is 0 Å². The maximum atomic E-state index is 11.9. The summed E-state index contributed by atoms with van der Waals surface area (Å²) in [6.07, 6.45) is 17.4. The van der Waals surface area contributed by atoms with E-state index in [2.05, 4.69) is 79.3 Å². The maximum Gasteiger partial charge on any atom is 0.325 e. The largest absolute Gasteiger partial charge is 0.481 e. The van der Waals surface area contributed by atoms with E-state index in [-0.39, 0.29) is 82.6 Å². The van der Waals surface area contributed by atoms with E-state index in [1.807, 2.05) is 27.7 Å². The number of hydrogen-bond donors (Lipinski definition) is 5. The highest BCUT2D eigenvalue weighted by Gasteiger charge is 2.48. The predicted octanol–water partition coefficient (Wildman–Crippen LogP) is 11.2. The average Bonchev–Trinajstić information content (AvgIpc) is 3.18. The van der Waals surface area contributed by atoms with Crippen LogP contribution in [0.15, 0.2) is 0 Å². The van der Waals surface area contributed by atoms with Gasteiger partial charge in [0.15, 0.2) is 0 Å². The summed E-state index contributed by atoms with van der Waals surface area (Å²) < 4.78 is 0. The second kappa shape index (κ2) is 27.3. The van der Waals surface area contributed by atoms with Crippen molar-refractivity contribution in [3.05, 3.63) is 0 Å². The number of unbranched alkanes of at least 4 members (excludes halogenated alkanes) is 8. The van der Waals surface area contributed by atoms with Crippen LogP contribution in [0.5, 0.6) is 0 Å². The molecule has 0 aromatic carbocycles. The zero-order chi connectivity index (χ0) is 52.5. The Morgan fingerprint density at radius 1 is 0.441 bits per heavy atom. The van der Waals surface area contributed by atoms with Gasteiger partial charge in [-0.25, -0.2) is 0 Å². The van der Waals surface area contributed by atoms with Crippen LogP contribution in [0.25, 0.3) is 0 Å². The van der Waals surface area contributed by atoms with E-state index < -0.39 is 35.8 Å². The number of carbonyl (C=O) groups excluding carboxylic acids is 1. The van der Waals surface area contributed by atoms with Crippen LogP contribution in [0.4, 0.5) is 0 Å². The molecule has 2 atom stereocenters. The van der Waals surface area contributed by atoms with Gasteiger partial charge in [0.25, 0.3) is 0 Å². The Morgan fingerprint density at radius 2 is 0.735 bits per heavy atom. The predicted molar refractivity (Wildman–Crippen MR) is 266 cm³/mol. The monoisotopic (exact) mass is 968 g/mol. The summed E-state index contributed by atoms with van der Waals surface area (Å²) in [6, 6.07) is 0. The first-order valence-corrected chi connectivity index (χ1v) is 25.7. The first-order valence-electron chi connectivity index (χ1n) is 25.7. The number of aliphatic carboxylic acids is 5. The fraction of sp³-hybridized carbons (Fsp3) is 0.887. The van der Waals surface area contributed by atoms with Crippen LogP contribution >= 0.6 is 0 Å². The molecule has 0 spiro atoms. The lowest BCUT2D eigenvalue weighted by molar-refractivity contribution is -0.265. The second-order valence-electron chi connectivity index (χ2n) is 24.1. The molecule has 0 saturated carbocycles. The fourth-order valence-electron chi connectivity index (χ4n) is 11.5. The van der Waals surface area contributed by atoms with Crippen molar-refractivity contribution in [2.45, 2.75) is 264 Å². The van der Waals surface area contributed by atoms with Gasteiger partial charge in [-0.15, -0.1) is 5.06 Å². The van der Waals surface area contributed by atoms with E-state index in [9.17, 15) is 39.0 Å². The standard InChI is InChI=1S/2C20H37NO4.C13H23NO4/c2*1-19(2)13-15(14-20(3,4)21(19)5)16(18(24)25)11-9-7-6-8-10-12-17(22)23;1-12(2)8-5-9-13(3,4)14(12)18-11(17)7-6-10(15)16/h2*15-16H,6-14H2,1-5H3,(H,22,23)(H,24,25);5-9H2,1-4H3,(H,15,16). The highest BCUT2D eigenvalue weighted by atomic mass is 16.7. The molecule has 3 heterocycles. The van der Waals surface area contributed by atoms with Crippen LogP contribution in [0.3, 0.4) is 0 Å². The van der Waals surface area contributed by atoms with Gasteiger partial charge in [-0.3, -0.25) is 38.6 Å². The lowest BCUT2D eigenvalue weighted by Gasteiger charge is -2.54. The third-order valence-electron chi connectivity index (χ3n) is 15.7. The van der Waals surface area contributed by atoms with Crippen LogP contribution in [-0.4, -0.2) is 124 Å². The van der Waals surface area contributed by atoms with Gasteiger partial charge in [-0.2, -0.15) is 0 Å². The van der Waals surface area contributed by atoms with Gasteiger partial charge in [0.05, 0.1) is 35.8 Å². The van der Waals surface area contributed by atoms with Crippen LogP contribution in [0, 0.1) is 23.7 Å². The molecule has 5 N–H and O–H groups in total. The average molecular weight is 968 g/mol. The molecular formula is C53H97N3O12. The Hall–Kier alpha value is -3.30. The van der Waals surface area contributed by atoms with Gasteiger partial charge in [-0.05, 0) is 180 Å². The number of carboxylic acid groups (broad SMARTS) is 5. The fourth-order valence-corrected chi connectivity index (χ4v) is 11.5. The van der Waals surface area contributed by atoms with E-state index in [1.54, 1.807) is 5.06 Å². The Bertz CT molecular complexity index is 1490. The molecular weight excluding hydrogens is 871 g/mol. The Balaban J connectivity index is 0.000000518. The van der Waals surface area contributed by atoms with Gasteiger partial charge in [0.1, 0.15) is 0 Å². The van der Waals surface area contributed by atoms with Crippen molar-refractivity contribution in [3.8, 4) is 0 Å². The first kappa shape index (κ1) is 62.7. The summed E-state index contributed by atoms with van der Waals surface area (Å²) in [4.78, 5) is 77.0. The number of likely N-dealkylation sites (tertiary alicyclic amines) is 2. The van der Waals surface area contributed by atoms with Gasteiger partial charge in [0, 0.05) is 35.0 Å². The van der Waals surface area contributed by atoms with Crippen molar-refractivity contribution in [2.75, 3.05) is 14.1 Å². The summed E-state index contributed by atoms with van der Waals surface area (Å²) in [5, 5.41) is 47.1. The van der Waals surface area contributed by atoms with Crippen LogP contribution < -0.4 is 0 Å². The van der Waals surface area contributed by atoms with E-state index in [0.29, 0.717) is 0 Å². The van der Waals surface area contributed by atoms with E-state index in [0.717, 1.165) is 122 Å². The van der Waals surface area contributed by atoms with Crippen molar-refractivity contribution in [1.82, 2.24) is 14.9 Å². The minimum Gasteiger partial charge on any atom is -0.481 e. The van der Waals surface area contributed by atoms with Gasteiger partial charge < -0.3 is 30.4 Å². The van der Waals surface area contributed by atoms with Crippen molar-refractivity contribution >= 4 is 35.8 Å². The molecule has 0 aliphatic carbocycles. The summed E-state index contributed by atoms with van der Waals surface area (Å²) in [7, 11) is 4.28. The van der Waals surface area contributed by atoms with Gasteiger partial charge >= 0.3 is 35.8 Å². The van der Waals surface area contributed by atoms with E-state index in [1.165, 1.54) is 0 Å². The summed E-state index contributed by atoms with van der Waals surface area (Å²) in [5.41, 5.74) is -0.372. The zero-order valence-electron chi connectivity index (χ0n) is 45.0. The Labute approximate surface area is 410 Å². The van der Waals surface area contributed by atoms with Crippen molar-refractivity contribution in [2.24, 2.45) is 23.7 Å². The normalized spacial score (nSPS) is 22.0. The summed E-state index contributed by atoms with van der Waals surface area (Å²) >= 11 is 0. The number of carboxylic acids is 5. The third-order valence-corrected chi connectivity index (χ3v) is 15.7. The molecule has 3 rings (SSSR count). The second-order valence-corrected chi connectivity index (χ2v) is 24.1. The number of rotatable bonds is 24. The number of piperidine rings is 3. The molecule has 3 aliphatic heterocycles. The van der Waals surface area contributed by atoms with E-state index in [4.69, 9.17) is 20.2 Å². The minimum absolute atomic E-state index is 0.0109. The Morgan fingerprint density at radius 3 is 1.03 bits per heavy atom. The molecule has 15 nitrogen and oxygen atoms in total. The lowest BCUT2D eigenvalue weighted by Crippen LogP contribution is -2.59. The molecule has 0 amide bonds. The van der Waals surface area contributed by atoms with Crippen molar-refractivity contribution < 1.29 is 59.1 Å². The Kier molecular flexibility index (Phi) is 25.2. The number of nitrogens with zero attached hydrogens (tertiary/aromatic N) is 3. The van der Waals surface area contributed by atoms with Gasteiger partial charge in [-0.1, -0.05) is 51.4 Å². The highest BCUT2D eigenvalue weighted by molar-refractivity contribution is 5.76. The van der Waals surface area contributed by atoms with Crippen molar-refractivity contribution in [1.29, 1.82) is 0 Å². The molecule has 3 fully saturated rings. The zero-order valence-corrected chi connectivity index (χ0v) is 45.0. The molecule has 3 saturated heterocycles. The first-order chi connectivity index (χ1) is 31.1. The molecule has 0 bridgehead atoms. The number of hydrogen-bond acceptors (Lipinski definition) is 10. The number of hydroxylamine groups is 2. The smallest absolute Gasteiger partial charge is 0.325 e. The molecule has 0 aromatic rings. The molecule has 2 unspecified atom stereocenters. The number of carbonyl (C=O) groups is 6. The molecule has 15 heteroatoms. The molecule has 68 heavy (non-hydrogen) atoms. The lowest BCUT2D eigenvalue weighted by atomic mass is 9.68. The molecule has 396 valence electrons. The van der Waals surface area contributed by atoms with Crippen molar-refractivity contribution in [3.63, 3.8) is 0 Å². The summed E-state index contributed by atoms with van der Waals surface area (Å²) in [6.45, 7) is 25.8. The molecule has 0 aromatic heterocycles. The molecule has 3 aliphatic rings. The quantitative estimate of drug-likeness (QED) is 0.0568. The third kappa shape index (κ3) is 21.4. The highest BCUT2D eigenvalue weighted by Crippen LogP contribution is 2.46. The van der Waals surface area contributed by atoms with Crippen LogP contribution in [0.2, 0.25) is 0 Å². The van der Waals surface area contributed by atoms with Crippen LogP contribution in [-0.2, 0) is 33.6 Å².